The number of hydrogen-bond donors (Lipinski definition) is 1. The average molecular weight is 386 g/mol. The van der Waals surface area contributed by atoms with Crippen LogP contribution in [0.3, 0.4) is 0 Å². The van der Waals surface area contributed by atoms with Crippen LogP contribution in [0.15, 0.2) is 72.8 Å². The lowest BCUT2D eigenvalue weighted by Gasteiger charge is -2.07. The normalized spacial score (nSPS) is 10.2. The fourth-order valence-corrected chi connectivity index (χ4v) is 2.49. The second kappa shape index (κ2) is 8.04. The molecule has 3 aromatic carbocycles. The largest absolute Gasteiger partial charge is 0.423 e. The van der Waals surface area contributed by atoms with Gasteiger partial charge in [-0.2, -0.15) is 0 Å². The number of ether oxygens (including phenoxy) is 1. The highest BCUT2D eigenvalue weighted by atomic mass is 35.5. The predicted octanol–water partition coefficient (Wildman–Crippen LogP) is 5.46. The summed E-state index contributed by atoms with van der Waals surface area (Å²) in [5.41, 5.74) is 1.43. The van der Waals surface area contributed by atoms with Gasteiger partial charge in [0, 0.05) is 11.3 Å². The van der Waals surface area contributed by atoms with Gasteiger partial charge in [-0.15, -0.1) is 0 Å². The van der Waals surface area contributed by atoms with E-state index >= 15 is 0 Å². The number of carbonyl (C=O) groups is 2. The van der Waals surface area contributed by atoms with Gasteiger partial charge in [0.05, 0.1) is 15.6 Å². The molecular weight excluding hydrogens is 373 g/mol. The van der Waals surface area contributed by atoms with E-state index in [1.165, 1.54) is 18.2 Å². The van der Waals surface area contributed by atoms with E-state index in [-0.39, 0.29) is 16.5 Å². The van der Waals surface area contributed by atoms with Gasteiger partial charge < -0.3 is 10.1 Å². The number of nitrogens with one attached hydrogen (secondary N) is 1. The molecule has 0 fully saturated rings. The Labute approximate surface area is 160 Å². The van der Waals surface area contributed by atoms with Crippen LogP contribution < -0.4 is 10.1 Å². The zero-order valence-electron chi connectivity index (χ0n) is 13.4. The van der Waals surface area contributed by atoms with Gasteiger partial charge in [0.2, 0.25) is 0 Å². The lowest BCUT2D eigenvalue weighted by molar-refractivity contribution is 0.0734. The molecule has 0 aliphatic carbocycles. The molecule has 26 heavy (non-hydrogen) atoms. The molecule has 0 unspecified atom stereocenters. The van der Waals surface area contributed by atoms with Crippen LogP contribution in [0.1, 0.15) is 20.7 Å². The van der Waals surface area contributed by atoms with Crippen LogP contribution in [0.25, 0.3) is 0 Å². The van der Waals surface area contributed by atoms with Crippen molar-refractivity contribution >= 4 is 40.8 Å². The topological polar surface area (TPSA) is 55.4 Å². The molecule has 0 atom stereocenters. The van der Waals surface area contributed by atoms with Crippen molar-refractivity contribution in [3.8, 4) is 5.75 Å². The maximum Gasteiger partial charge on any atom is 0.343 e. The standard InChI is InChI=1S/C20H13Cl2NO3/c21-17-11-8-14(12-18(17)22)20(25)26-16-9-6-13(7-10-16)19(24)23-15-4-2-1-3-5-15/h1-12H,(H,23,24). The average Bonchev–Trinajstić information content (AvgIpc) is 2.65. The molecular formula is C20H13Cl2NO3. The summed E-state index contributed by atoms with van der Waals surface area (Å²) >= 11 is 11.7. The van der Waals surface area contributed by atoms with Crippen molar-refractivity contribution in [2.45, 2.75) is 0 Å². The summed E-state index contributed by atoms with van der Waals surface area (Å²) in [6.45, 7) is 0. The third kappa shape index (κ3) is 4.42. The number of esters is 1. The van der Waals surface area contributed by atoms with E-state index < -0.39 is 5.97 Å². The van der Waals surface area contributed by atoms with E-state index in [0.29, 0.717) is 22.0 Å². The minimum Gasteiger partial charge on any atom is -0.423 e. The minimum absolute atomic E-state index is 0.251. The van der Waals surface area contributed by atoms with Crippen molar-refractivity contribution in [1.82, 2.24) is 0 Å². The highest BCUT2D eigenvalue weighted by Crippen LogP contribution is 2.23. The van der Waals surface area contributed by atoms with Gasteiger partial charge >= 0.3 is 5.97 Å². The Morgan fingerprint density at radius 1 is 0.769 bits per heavy atom. The number of anilines is 1. The summed E-state index contributed by atoms with van der Waals surface area (Å²) in [6.07, 6.45) is 0. The van der Waals surface area contributed by atoms with Crippen LogP contribution in [0.4, 0.5) is 5.69 Å². The summed E-state index contributed by atoms with van der Waals surface area (Å²) in [4.78, 5) is 24.3. The Hall–Kier alpha value is -2.82. The monoisotopic (exact) mass is 385 g/mol. The molecule has 0 aromatic heterocycles. The lowest BCUT2D eigenvalue weighted by atomic mass is 10.2. The SMILES string of the molecule is O=C(Nc1ccccc1)c1ccc(OC(=O)c2ccc(Cl)c(Cl)c2)cc1. The summed E-state index contributed by atoms with van der Waals surface area (Å²) in [7, 11) is 0. The van der Waals surface area contributed by atoms with Crippen LogP contribution in [-0.4, -0.2) is 11.9 Å². The molecule has 0 heterocycles. The molecule has 130 valence electrons. The van der Waals surface area contributed by atoms with Crippen molar-refractivity contribution in [3.05, 3.63) is 94.0 Å². The first-order chi connectivity index (χ1) is 12.5. The van der Waals surface area contributed by atoms with Gasteiger partial charge in [-0.3, -0.25) is 4.79 Å². The molecule has 1 N–H and O–H groups in total. The van der Waals surface area contributed by atoms with Gasteiger partial charge in [-0.05, 0) is 54.6 Å². The second-order valence-corrected chi connectivity index (χ2v) is 6.18. The first-order valence-corrected chi connectivity index (χ1v) is 8.42. The Kier molecular flexibility index (Phi) is 5.56. The minimum atomic E-state index is -0.565. The van der Waals surface area contributed by atoms with Crippen LogP contribution in [0.2, 0.25) is 10.0 Å². The maximum absolute atomic E-state index is 12.2. The van der Waals surface area contributed by atoms with E-state index in [9.17, 15) is 9.59 Å². The number of hydrogen-bond acceptors (Lipinski definition) is 3. The van der Waals surface area contributed by atoms with Crippen LogP contribution in [0.5, 0.6) is 5.75 Å². The molecule has 0 aliphatic heterocycles. The van der Waals surface area contributed by atoms with Crippen molar-refractivity contribution in [2.75, 3.05) is 5.32 Å². The molecule has 0 bridgehead atoms. The number of carbonyl (C=O) groups excluding carboxylic acids is 2. The number of benzene rings is 3. The van der Waals surface area contributed by atoms with E-state index in [1.807, 2.05) is 18.2 Å². The quantitative estimate of drug-likeness (QED) is 0.478. The smallest absolute Gasteiger partial charge is 0.343 e. The van der Waals surface area contributed by atoms with Crippen molar-refractivity contribution < 1.29 is 14.3 Å². The van der Waals surface area contributed by atoms with Gasteiger partial charge in [-0.25, -0.2) is 4.79 Å². The summed E-state index contributed by atoms with van der Waals surface area (Å²) < 4.78 is 5.28. The van der Waals surface area contributed by atoms with E-state index in [2.05, 4.69) is 5.32 Å². The van der Waals surface area contributed by atoms with E-state index in [1.54, 1.807) is 36.4 Å². The first-order valence-electron chi connectivity index (χ1n) is 7.66. The molecule has 6 heteroatoms. The van der Waals surface area contributed by atoms with E-state index in [0.717, 1.165) is 0 Å². The second-order valence-electron chi connectivity index (χ2n) is 5.36. The number of amides is 1. The molecule has 0 aliphatic rings. The maximum atomic E-state index is 12.2. The third-order valence-electron chi connectivity index (χ3n) is 3.51. The summed E-state index contributed by atoms with van der Waals surface area (Å²) in [5.74, 6) is -0.499. The molecule has 4 nitrogen and oxygen atoms in total. The number of halogens is 2. The zero-order chi connectivity index (χ0) is 18.5. The highest BCUT2D eigenvalue weighted by Gasteiger charge is 2.12. The van der Waals surface area contributed by atoms with Crippen LogP contribution in [0, 0.1) is 0 Å². The summed E-state index contributed by atoms with van der Waals surface area (Å²) in [5, 5.41) is 3.41. The zero-order valence-corrected chi connectivity index (χ0v) is 14.9. The van der Waals surface area contributed by atoms with Crippen LogP contribution in [-0.2, 0) is 0 Å². The van der Waals surface area contributed by atoms with Crippen LogP contribution >= 0.6 is 23.2 Å². The van der Waals surface area contributed by atoms with Crippen molar-refractivity contribution in [2.24, 2.45) is 0 Å². The van der Waals surface area contributed by atoms with Gasteiger partial charge in [0.15, 0.2) is 0 Å². The van der Waals surface area contributed by atoms with E-state index in [4.69, 9.17) is 27.9 Å². The Balaban J connectivity index is 1.66. The molecule has 0 radical (unpaired) electrons. The van der Waals surface area contributed by atoms with Gasteiger partial charge in [-0.1, -0.05) is 41.4 Å². The number of para-hydroxylation sites is 1. The predicted molar refractivity (Wildman–Crippen MR) is 102 cm³/mol. The van der Waals surface area contributed by atoms with Crippen molar-refractivity contribution in [3.63, 3.8) is 0 Å². The lowest BCUT2D eigenvalue weighted by Crippen LogP contribution is -2.12. The van der Waals surface area contributed by atoms with Gasteiger partial charge in [0.25, 0.3) is 5.91 Å². The first kappa shape index (κ1) is 18.0. The van der Waals surface area contributed by atoms with Gasteiger partial charge in [0.1, 0.15) is 5.75 Å². The number of rotatable bonds is 4. The Morgan fingerprint density at radius 3 is 2.08 bits per heavy atom. The molecule has 0 saturated heterocycles. The highest BCUT2D eigenvalue weighted by molar-refractivity contribution is 6.42. The Morgan fingerprint density at radius 2 is 1.42 bits per heavy atom. The Bertz CT molecular complexity index is 941. The fourth-order valence-electron chi connectivity index (χ4n) is 2.19. The molecule has 0 spiro atoms. The molecule has 0 saturated carbocycles. The fraction of sp³-hybridized carbons (Fsp3) is 0. The molecule has 1 amide bonds. The van der Waals surface area contributed by atoms with Crippen molar-refractivity contribution in [1.29, 1.82) is 0 Å². The molecule has 3 aromatic rings. The summed E-state index contributed by atoms with van der Waals surface area (Å²) in [6, 6.07) is 19.9. The molecule has 3 rings (SSSR count). The third-order valence-corrected chi connectivity index (χ3v) is 4.25.